The quantitative estimate of drug-likeness (QED) is 0.0360. The molecule has 8 bridgehead atoms. The van der Waals surface area contributed by atoms with Gasteiger partial charge in [0.2, 0.25) is 0 Å². The van der Waals surface area contributed by atoms with Crippen LogP contribution in [0.1, 0.15) is 163 Å². The number of rotatable bonds is 21. The third-order valence-electron chi connectivity index (χ3n) is 14.4. The molecule has 0 radical (unpaired) electrons. The van der Waals surface area contributed by atoms with Gasteiger partial charge in [0.05, 0.1) is 5.92 Å². The molecule has 2 N–H and O–H groups in total. The van der Waals surface area contributed by atoms with Gasteiger partial charge in [0, 0.05) is 13.5 Å². The van der Waals surface area contributed by atoms with Gasteiger partial charge < -0.3 is 40.0 Å². The molecule has 1 fully saturated rings. The number of hydrogen-bond donors (Lipinski definition) is 2. The van der Waals surface area contributed by atoms with E-state index in [1.54, 1.807) is 0 Å². The summed E-state index contributed by atoms with van der Waals surface area (Å²) in [5.74, 6) is 0.183. The molecule has 7 atom stereocenters. The molecule has 1 saturated heterocycles. The maximum Gasteiger partial charge on any atom is 2.00 e. The Kier molecular flexibility index (Phi) is 18.6. The van der Waals surface area contributed by atoms with Gasteiger partial charge in [0.15, 0.2) is 6.29 Å². The number of aromatic nitrogens is 3. The summed E-state index contributed by atoms with van der Waals surface area (Å²) in [6, 6.07) is -0.511. The van der Waals surface area contributed by atoms with Gasteiger partial charge in [-0.2, -0.15) is 5.70 Å². The van der Waals surface area contributed by atoms with Gasteiger partial charge in [-0.25, -0.2) is 0 Å². The van der Waals surface area contributed by atoms with E-state index in [9.17, 15) is 15.0 Å². The van der Waals surface area contributed by atoms with Crippen LogP contribution >= 0.6 is 0 Å². The second-order valence-electron chi connectivity index (χ2n) is 18.9. The number of carbonyl (C=O) groups is 1. The topological polar surface area (TPSA) is 132 Å². The Bertz CT molecular complexity index is 2430. The molecule has 3 aliphatic rings. The van der Waals surface area contributed by atoms with Crippen LogP contribution < -0.4 is 36.2 Å². The van der Waals surface area contributed by atoms with Gasteiger partial charge in [-0.05, 0) is 93.9 Å². The molecule has 5 heterocycles. The average molecular weight is 884 g/mol. The fourth-order valence-electron chi connectivity index (χ4n) is 10.3. The van der Waals surface area contributed by atoms with Crippen molar-refractivity contribution in [3.63, 3.8) is 0 Å². The zero-order valence-corrected chi connectivity index (χ0v) is 42.1. The van der Waals surface area contributed by atoms with E-state index in [0.717, 1.165) is 86.7 Å². The Balaban J connectivity index is 0.00000771. The standard InChI is InChI=1S/C54H74N4O5.Mg/c1-12-15-16-19-31(4)20-17-21-32(5)22-18-23-33(6)26-27-63-47(59)25-24-40-36(9)43-28-41-34(7)38(13-2)45(55-41)29-42-35(8)39(14-3)46(56-42)30-44-37(10)48-52(58-44)49(51(40)57-43)50(53(48)60)54(61)62-11;/h13,26,28-32,36,40,50-51,54,60-61H,2,12,14-25,27H2,1,3-11H3;/q-4;+2/b33-26+,42-29-,43-28-,46-30-;/t31-,32-,36+,40+,50-,51?,54?;/m1./s1. The molecule has 2 aliphatic heterocycles. The van der Waals surface area contributed by atoms with Crippen LogP contribution in [0.4, 0.5) is 0 Å². The van der Waals surface area contributed by atoms with Crippen LogP contribution in [0.25, 0.3) is 41.0 Å². The number of carbonyl (C=O) groups excluding carboxylic acids is 1. The molecule has 9 nitrogen and oxygen atoms in total. The molecular weight excluding hydrogens is 809 g/mol. The fourth-order valence-corrected chi connectivity index (χ4v) is 10.3. The largest absolute Gasteiger partial charge is 2.00 e. The van der Waals surface area contributed by atoms with Crippen molar-refractivity contribution in [2.45, 2.75) is 158 Å². The van der Waals surface area contributed by atoms with E-state index >= 15 is 0 Å². The van der Waals surface area contributed by atoms with Crippen molar-refractivity contribution < 1.29 is 24.5 Å². The summed E-state index contributed by atoms with van der Waals surface area (Å²) in [4.78, 5) is 28.8. The molecule has 0 saturated carbocycles. The van der Waals surface area contributed by atoms with E-state index in [0.29, 0.717) is 28.3 Å². The maximum absolute atomic E-state index is 13.4. The Labute approximate surface area is 398 Å². The van der Waals surface area contributed by atoms with Crippen LogP contribution in [-0.4, -0.2) is 65.3 Å². The Morgan fingerprint density at radius 2 is 1.55 bits per heavy atom. The van der Waals surface area contributed by atoms with E-state index in [-0.39, 0.29) is 59.6 Å². The van der Waals surface area contributed by atoms with Gasteiger partial charge in [0.1, 0.15) is 12.4 Å². The SMILES string of the molecule is C=Cc1c2[n-]c(c1C)/C=C1\[N-]C(C3=c4[n-]c(c(C)c4=C(O)[C@@H]3C(O)OC)/C=c3\[n-]/c(c(C)c3CC)=C\2)[C@@H](CCC(=O)OC/C=C(\C)CCC[C@H](C)CCC[C@H](C)CCCCC)[C@@H]1C.[Mg+2]. The first-order chi connectivity index (χ1) is 30.2. The van der Waals surface area contributed by atoms with Gasteiger partial charge in [-0.1, -0.05) is 156 Å². The summed E-state index contributed by atoms with van der Waals surface area (Å²) in [5.41, 5.74) is 10.0. The third kappa shape index (κ3) is 11.3. The number of esters is 1. The molecular formula is C54H74MgN4O5-2. The van der Waals surface area contributed by atoms with Crippen molar-refractivity contribution in [1.29, 1.82) is 0 Å². The number of hydrogen-bond acceptors (Lipinski definition) is 5. The monoisotopic (exact) mass is 883 g/mol. The number of methoxy groups -OCH3 is 1. The predicted octanol–water partition coefficient (Wildman–Crippen LogP) is 8.20. The summed E-state index contributed by atoms with van der Waals surface area (Å²) < 4.78 is 11.3. The van der Waals surface area contributed by atoms with E-state index in [4.69, 9.17) is 29.7 Å². The number of aliphatic hydroxyl groups excluding tert-OH is 2. The van der Waals surface area contributed by atoms with E-state index in [1.807, 2.05) is 37.3 Å². The van der Waals surface area contributed by atoms with Gasteiger partial charge >= 0.3 is 29.0 Å². The van der Waals surface area contributed by atoms with Gasteiger partial charge in [-0.15, -0.1) is 33.1 Å². The molecule has 3 aromatic heterocycles. The molecule has 2 unspecified atom stereocenters. The third-order valence-corrected chi connectivity index (χ3v) is 14.4. The van der Waals surface area contributed by atoms with Gasteiger partial charge in [0.25, 0.3) is 0 Å². The predicted molar refractivity (Wildman–Crippen MR) is 262 cm³/mol. The molecule has 1 aliphatic carbocycles. The van der Waals surface area contributed by atoms with Crippen molar-refractivity contribution in [2.75, 3.05) is 13.7 Å². The van der Waals surface area contributed by atoms with Crippen molar-refractivity contribution in [3.05, 3.63) is 95.4 Å². The zero-order valence-electron chi connectivity index (χ0n) is 40.6. The van der Waals surface area contributed by atoms with E-state index in [1.165, 1.54) is 64.0 Å². The number of ether oxygens (including phenoxy) is 2. The Hall–Kier alpha value is -3.70. The van der Waals surface area contributed by atoms with Crippen molar-refractivity contribution in [2.24, 2.45) is 29.6 Å². The van der Waals surface area contributed by atoms with Crippen LogP contribution in [0.2, 0.25) is 0 Å². The normalized spacial score (nSPS) is 22.4. The Morgan fingerprint density at radius 1 is 0.875 bits per heavy atom. The van der Waals surface area contributed by atoms with Gasteiger partial charge in [-0.3, -0.25) is 4.79 Å². The summed E-state index contributed by atoms with van der Waals surface area (Å²) >= 11 is 0. The second-order valence-corrected chi connectivity index (χ2v) is 18.9. The van der Waals surface area contributed by atoms with Crippen LogP contribution in [0.3, 0.4) is 0 Å². The fraction of sp³-hybridized carbons (Fsp3) is 0.574. The van der Waals surface area contributed by atoms with Crippen molar-refractivity contribution >= 4 is 64.7 Å². The number of allylic oxidation sites excluding steroid dienone is 2. The number of aliphatic hydroxyl groups is 2. The minimum atomic E-state index is -1.33. The summed E-state index contributed by atoms with van der Waals surface area (Å²) in [6.07, 6.45) is 22.8. The molecule has 344 valence electrons. The molecule has 0 aromatic carbocycles. The number of nitrogens with zero attached hydrogens (tertiary/aromatic N) is 4. The van der Waals surface area contributed by atoms with Crippen LogP contribution in [0.15, 0.2) is 23.9 Å². The number of fused-ring (bicyclic) bond motifs is 8. The molecule has 0 spiro atoms. The number of unbranched alkanes of at least 4 members (excludes halogenated alkanes) is 2. The summed E-state index contributed by atoms with van der Waals surface area (Å²) in [5, 5.41) is 31.6. The van der Waals surface area contributed by atoms with Crippen LogP contribution in [0, 0.1) is 50.4 Å². The molecule has 0 amide bonds. The van der Waals surface area contributed by atoms with Crippen LogP contribution in [-0.2, 0) is 20.7 Å². The first-order valence-electron chi connectivity index (χ1n) is 23.9. The summed E-state index contributed by atoms with van der Waals surface area (Å²) in [7, 11) is 1.43. The minimum Gasteiger partial charge on any atom is -0.681 e. The van der Waals surface area contributed by atoms with E-state index < -0.39 is 18.2 Å². The summed E-state index contributed by atoms with van der Waals surface area (Å²) in [6.45, 7) is 23.9. The molecule has 64 heavy (non-hydrogen) atoms. The smallest absolute Gasteiger partial charge is 0.681 e. The second kappa shape index (κ2) is 23.2. The van der Waals surface area contributed by atoms with Crippen molar-refractivity contribution in [3.8, 4) is 0 Å². The molecule has 10 heteroatoms. The molecule has 3 aromatic rings. The van der Waals surface area contributed by atoms with Crippen LogP contribution in [0.5, 0.6) is 0 Å². The van der Waals surface area contributed by atoms with E-state index in [2.05, 4.69) is 62.0 Å². The minimum absolute atomic E-state index is 0. The molecule has 6 rings (SSSR count). The first kappa shape index (κ1) is 51.3. The van der Waals surface area contributed by atoms with Crippen molar-refractivity contribution in [1.82, 2.24) is 15.0 Å². The Morgan fingerprint density at radius 3 is 2.22 bits per heavy atom. The average Bonchev–Trinajstić information content (AvgIpc) is 4.00. The maximum atomic E-state index is 13.4. The first-order valence-corrected chi connectivity index (χ1v) is 23.9. The zero-order chi connectivity index (χ0) is 45.5.